The summed E-state index contributed by atoms with van der Waals surface area (Å²) in [7, 11) is -2.58. The second-order valence-electron chi connectivity index (χ2n) is 12.3. The summed E-state index contributed by atoms with van der Waals surface area (Å²) in [6, 6.07) is 12.2. The van der Waals surface area contributed by atoms with Crippen LogP contribution in [-0.2, 0) is 21.1 Å². The summed E-state index contributed by atoms with van der Waals surface area (Å²) in [6.45, 7) is 7.63. The Bertz CT molecular complexity index is 1430. The van der Waals surface area contributed by atoms with Crippen LogP contribution in [0.1, 0.15) is 70.9 Å². The zero-order chi connectivity index (χ0) is 30.3. The zero-order valence-corrected chi connectivity index (χ0v) is 25.9. The van der Waals surface area contributed by atoms with E-state index in [1.54, 1.807) is 23.0 Å². The molecule has 0 unspecified atom stereocenters. The van der Waals surface area contributed by atoms with Gasteiger partial charge in [0, 0.05) is 24.3 Å². The molecule has 0 bridgehead atoms. The van der Waals surface area contributed by atoms with Crippen molar-refractivity contribution in [3.05, 3.63) is 59.5 Å². The molecular formula is C32H41F4N3O2Si. The molecule has 1 heterocycles. The molecule has 5 rings (SSSR count). The highest BCUT2D eigenvalue weighted by Crippen LogP contribution is 2.58. The number of benzene rings is 2. The molecule has 2 aliphatic rings. The van der Waals surface area contributed by atoms with Crippen LogP contribution in [0.25, 0.3) is 16.6 Å². The monoisotopic (exact) mass is 603 g/mol. The maximum atomic E-state index is 15.1. The van der Waals surface area contributed by atoms with E-state index >= 15 is 13.2 Å². The Morgan fingerprint density at radius 3 is 2.43 bits per heavy atom. The summed E-state index contributed by atoms with van der Waals surface area (Å²) >= 11 is 0. The lowest BCUT2D eigenvalue weighted by Gasteiger charge is -2.54. The van der Waals surface area contributed by atoms with Crippen LogP contribution in [0.15, 0.2) is 42.6 Å². The van der Waals surface area contributed by atoms with Crippen molar-refractivity contribution in [2.24, 2.45) is 5.92 Å². The smallest absolute Gasteiger partial charge is 0.403 e. The van der Waals surface area contributed by atoms with Gasteiger partial charge in [-0.25, -0.2) is 9.07 Å². The minimum Gasteiger partial charge on any atom is -0.403 e. The first-order chi connectivity index (χ1) is 19.9. The van der Waals surface area contributed by atoms with Crippen LogP contribution >= 0.6 is 0 Å². The molecule has 2 aromatic carbocycles. The van der Waals surface area contributed by atoms with Gasteiger partial charge in [0.15, 0.2) is 13.9 Å². The molecule has 0 spiro atoms. The van der Waals surface area contributed by atoms with Crippen LogP contribution in [0, 0.1) is 11.7 Å². The van der Waals surface area contributed by atoms with E-state index in [1.165, 1.54) is 19.1 Å². The number of carbonyl (C=O) groups excluding carboxylic acids is 1. The molecule has 3 atom stereocenters. The highest BCUT2D eigenvalue weighted by atomic mass is 28.4. The lowest BCUT2D eigenvalue weighted by Crippen LogP contribution is -2.62. The third kappa shape index (κ3) is 5.29. The normalized spacial score (nSPS) is 24.6. The highest BCUT2D eigenvalue weighted by molar-refractivity contribution is 6.73. The van der Waals surface area contributed by atoms with Crippen molar-refractivity contribution in [3.8, 4) is 5.69 Å². The fourth-order valence-corrected chi connectivity index (χ4v) is 10.6. The third-order valence-corrected chi connectivity index (χ3v) is 14.9. The van der Waals surface area contributed by atoms with Crippen molar-refractivity contribution in [3.63, 3.8) is 0 Å². The Hall–Kier alpha value is -2.72. The molecule has 5 nitrogen and oxygen atoms in total. The number of hydrogen-bond donors (Lipinski definition) is 1. The van der Waals surface area contributed by atoms with Crippen molar-refractivity contribution in [2.75, 3.05) is 6.54 Å². The Labute approximate surface area is 246 Å². The van der Waals surface area contributed by atoms with Crippen molar-refractivity contribution in [1.82, 2.24) is 15.1 Å². The minimum absolute atomic E-state index is 0.100. The van der Waals surface area contributed by atoms with Gasteiger partial charge in [-0.05, 0) is 110 Å². The van der Waals surface area contributed by atoms with Gasteiger partial charge in [0.2, 0.25) is 5.91 Å². The SMILES string of the molecule is CC[Si](CC)(CC)O[C@@]1(C(F)(F)F)CC[C@]2(CNC(C)=O)c3cc4cnn(-c5ccc(F)cc5)c4cc3CCC[C@H]2C1. The van der Waals surface area contributed by atoms with E-state index in [9.17, 15) is 9.18 Å². The van der Waals surface area contributed by atoms with Crippen LogP contribution in [0.2, 0.25) is 18.1 Å². The second kappa shape index (κ2) is 11.4. The van der Waals surface area contributed by atoms with E-state index in [2.05, 4.69) is 22.5 Å². The second-order valence-corrected chi connectivity index (χ2v) is 17.0. The molecule has 3 aromatic rings. The van der Waals surface area contributed by atoms with E-state index in [4.69, 9.17) is 4.43 Å². The Kier molecular flexibility index (Phi) is 8.35. The van der Waals surface area contributed by atoms with Crippen LogP contribution in [0.5, 0.6) is 0 Å². The molecule has 1 amide bonds. The predicted octanol–water partition coefficient (Wildman–Crippen LogP) is 8.00. The Balaban J connectivity index is 1.62. The zero-order valence-electron chi connectivity index (χ0n) is 24.9. The number of aromatic nitrogens is 2. The average molecular weight is 604 g/mol. The van der Waals surface area contributed by atoms with Gasteiger partial charge in [-0.15, -0.1) is 0 Å². The van der Waals surface area contributed by atoms with Crippen molar-refractivity contribution in [2.45, 2.75) is 102 Å². The predicted molar refractivity (Wildman–Crippen MR) is 159 cm³/mol. The van der Waals surface area contributed by atoms with Gasteiger partial charge in [0.25, 0.3) is 0 Å². The maximum absolute atomic E-state index is 15.1. The number of alkyl halides is 3. The van der Waals surface area contributed by atoms with Gasteiger partial charge in [0.1, 0.15) is 5.82 Å². The molecule has 0 saturated heterocycles. The van der Waals surface area contributed by atoms with Crippen molar-refractivity contribution >= 4 is 25.1 Å². The number of nitrogens with zero attached hydrogens (tertiary/aromatic N) is 2. The maximum Gasteiger partial charge on any atom is 0.416 e. The number of hydrogen-bond acceptors (Lipinski definition) is 3. The molecule has 1 N–H and O–H groups in total. The number of amides is 1. The lowest BCUT2D eigenvalue weighted by molar-refractivity contribution is -0.271. The quantitative estimate of drug-likeness (QED) is 0.210. The number of fused-ring (bicyclic) bond motifs is 4. The Morgan fingerprint density at radius 1 is 1.12 bits per heavy atom. The fraction of sp³-hybridized carbons (Fsp3) is 0.562. The first-order valence-electron chi connectivity index (χ1n) is 15.2. The number of aryl methyl sites for hydroxylation is 1. The van der Waals surface area contributed by atoms with E-state index in [0.29, 0.717) is 24.6 Å². The van der Waals surface area contributed by atoms with Gasteiger partial charge in [-0.3, -0.25) is 4.79 Å². The van der Waals surface area contributed by atoms with Crippen LogP contribution < -0.4 is 5.32 Å². The lowest BCUT2D eigenvalue weighted by atomic mass is 9.57. The largest absolute Gasteiger partial charge is 0.416 e. The molecule has 2 aliphatic carbocycles. The molecule has 228 valence electrons. The van der Waals surface area contributed by atoms with Gasteiger partial charge in [-0.2, -0.15) is 18.3 Å². The number of nitrogens with one attached hydrogen (secondary N) is 1. The van der Waals surface area contributed by atoms with Crippen molar-refractivity contribution < 1.29 is 26.8 Å². The summed E-state index contributed by atoms with van der Waals surface area (Å²) in [6.07, 6.45) is -0.624. The molecule has 42 heavy (non-hydrogen) atoms. The van der Waals surface area contributed by atoms with E-state index in [1.807, 2.05) is 20.8 Å². The van der Waals surface area contributed by atoms with E-state index in [0.717, 1.165) is 40.6 Å². The summed E-state index contributed by atoms with van der Waals surface area (Å²) in [5.41, 5.74) is 0.835. The fourth-order valence-electron chi connectivity index (χ4n) is 7.57. The molecule has 1 aromatic heterocycles. The number of carbonyl (C=O) groups is 1. The number of rotatable bonds is 8. The molecular weight excluding hydrogens is 562 g/mol. The Morgan fingerprint density at radius 2 is 1.81 bits per heavy atom. The van der Waals surface area contributed by atoms with E-state index < -0.39 is 25.5 Å². The van der Waals surface area contributed by atoms with Gasteiger partial charge < -0.3 is 9.74 Å². The highest BCUT2D eigenvalue weighted by Gasteiger charge is 2.64. The van der Waals surface area contributed by atoms with Gasteiger partial charge in [0.05, 0.1) is 17.4 Å². The minimum atomic E-state index is -4.49. The summed E-state index contributed by atoms with van der Waals surface area (Å²) in [5, 5.41) is 8.43. The van der Waals surface area contributed by atoms with Gasteiger partial charge >= 0.3 is 6.18 Å². The molecule has 10 heteroatoms. The van der Waals surface area contributed by atoms with Crippen LogP contribution in [-0.4, -0.2) is 42.3 Å². The van der Waals surface area contributed by atoms with E-state index in [-0.39, 0.29) is 43.4 Å². The number of halogens is 4. The summed E-state index contributed by atoms with van der Waals surface area (Å²) < 4.78 is 67.2. The molecule has 1 saturated carbocycles. The van der Waals surface area contributed by atoms with Crippen LogP contribution in [0.4, 0.5) is 17.6 Å². The summed E-state index contributed by atoms with van der Waals surface area (Å²) in [5.74, 6) is -0.844. The molecule has 0 aliphatic heterocycles. The average Bonchev–Trinajstić information content (AvgIpc) is 3.31. The van der Waals surface area contributed by atoms with Gasteiger partial charge in [-0.1, -0.05) is 20.8 Å². The van der Waals surface area contributed by atoms with Crippen LogP contribution in [0.3, 0.4) is 0 Å². The standard InChI is InChI=1S/C32H41F4N3O2Si/c1-5-42(6-2,7-3)41-31(32(34,35)36)16-15-30(21-37-22(4)40)25(19-31)10-8-9-23-18-29-24(17-28(23)30)20-38-39(29)27-13-11-26(33)12-14-27/h11-14,17-18,20,25H,5-10,15-16,19,21H2,1-4H3,(H,37,40)/t25-,30+,31-/m0/s1. The topological polar surface area (TPSA) is 56.1 Å². The molecule has 1 fully saturated rings. The first kappa shape index (κ1) is 30.7. The third-order valence-electron chi connectivity index (χ3n) is 10.2. The first-order valence-corrected chi connectivity index (χ1v) is 17.7. The molecule has 0 radical (unpaired) electrons. The van der Waals surface area contributed by atoms with Crippen molar-refractivity contribution in [1.29, 1.82) is 0 Å². The summed E-state index contributed by atoms with van der Waals surface area (Å²) in [4.78, 5) is 12.2.